The van der Waals surface area contributed by atoms with E-state index in [0.29, 0.717) is 6.42 Å². The normalized spacial score (nSPS) is 17.8. The molecule has 3 N–H and O–H groups in total. The summed E-state index contributed by atoms with van der Waals surface area (Å²) >= 11 is -2.00. The van der Waals surface area contributed by atoms with Crippen molar-refractivity contribution >= 4 is 11.1 Å². The zero-order valence-electron chi connectivity index (χ0n) is 7.43. The van der Waals surface area contributed by atoms with E-state index in [1.807, 2.05) is 30.3 Å². The largest absolute Gasteiger partial charge is 0.313 e. The van der Waals surface area contributed by atoms with Gasteiger partial charge in [-0.15, -0.1) is 0 Å². The molecule has 0 aliphatic rings. The minimum absolute atomic E-state index is 0.400. The molecule has 0 bridgehead atoms. The van der Waals surface area contributed by atoms with E-state index in [1.165, 1.54) is 0 Å². The predicted octanol–water partition coefficient (Wildman–Crippen LogP) is 1.13. The SMILES string of the molecule is CC(N)(Cc1ccccc1)S(=O)O. The van der Waals surface area contributed by atoms with Gasteiger partial charge in [0.2, 0.25) is 0 Å². The van der Waals surface area contributed by atoms with Crippen LogP contribution in [0.3, 0.4) is 0 Å². The van der Waals surface area contributed by atoms with Crippen LogP contribution in [0.15, 0.2) is 30.3 Å². The van der Waals surface area contributed by atoms with E-state index in [1.54, 1.807) is 6.92 Å². The second-order valence-electron chi connectivity index (χ2n) is 3.22. The second-order valence-corrected chi connectivity index (χ2v) is 4.66. The van der Waals surface area contributed by atoms with Gasteiger partial charge in [0.05, 0.1) is 0 Å². The first-order valence-corrected chi connectivity index (χ1v) is 5.07. The molecule has 0 amide bonds. The fraction of sp³-hybridized carbons (Fsp3) is 0.333. The molecular weight excluding hydrogens is 186 g/mol. The molecule has 4 heteroatoms. The highest BCUT2D eigenvalue weighted by molar-refractivity contribution is 7.80. The van der Waals surface area contributed by atoms with Crippen LogP contribution in [-0.2, 0) is 17.5 Å². The zero-order valence-corrected chi connectivity index (χ0v) is 8.25. The number of benzene rings is 1. The van der Waals surface area contributed by atoms with Crippen LogP contribution in [-0.4, -0.2) is 13.6 Å². The Morgan fingerprint density at radius 3 is 2.46 bits per heavy atom. The molecule has 0 spiro atoms. The van der Waals surface area contributed by atoms with Crippen molar-refractivity contribution in [3.63, 3.8) is 0 Å². The van der Waals surface area contributed by atoms with E-state index in [-0.39, 0.29) is 0 Å². The third-order valence-electron chi connectivity index (χ3n) is 1.80. The minimum atomic E-state index is -2.00. The van der Waals surface area contributed by atoms with Crippen LogP contribution in [0, 0.1) is 0 Å². The first-order chi connectivity index (χ1) is 6.02. The Balaban J connectivity index is 2.75. The molecule has 0 heterocycles. The van der Waals surface area contributed by atoms with Crippen molar-refractivity contribution in [1.29, 1.82) is 0 Å². The molecule has 0 aromatic heterocycles. The third kappa shape index (κ3) is 2.91. The fourth-order valence-corrected chi connectivity index (χ4v) is 1.35. The molecule has 3 nitrogen and oxygen atoms in total. The van der Waals surface area contributed by atoms with Crippen LogP contribution < -0.4 is 5.73 Å². The quantitative estimate of drug-likeness (QED) is 0.717. The lowest BCUT2D eigenvalue weighted by Crippen LogP contribution is -2.42. The van der Waals surface area contributed by atoms with Crippen LogP contribution in [0.25, 0.3) is 0 Å². The Morgan fingerprint density at radius 1 is 1.46 bits per heavy atom. The third-order valence-corrected chi connectivity index (χ3v) is 2.74. The lowest BCUT2D eigenvalue weighted by atomic mass is 10.1. The Labute approximate surface area is 80.2 Å². The van der Waals surface area contributed by atoms with Crippen LogP contribution >= 0.6 is 0 Å². The summed E-state index contributed by atoms with van der Waals surface area (Å²) in [6.07, 6.45) is 0.400. The summed E-state index contributed by atoms with van der Waals surface area (Å²) < 4.78 is 19.7. The van der Waals surface area contributed by atoms with Crippen molar-refractivity contribution in [3.05, 3.63) is 35.9 Å². The van der Waals surface area contributed by atoms with Gasteiger partial charge in [-0.2, -0.15) is 0 Å². The monoisotopic (exact) mass is 199 g/mol. The highest BCUT2D eigenvalue weighted by Gasteiger charge is 2.25. The molecule has 0 saturated heterocycles. The van der Waals surface area contributed by atoms with Crippen LogP contribution in [0.5, 0.6) is 0 Å². The summed E-state index contributed by atoms with van der Waals surface area (Å²) in [5.74, 6) is 0. The molecule has 0 fully saturated rings. The van der Waals surface area contributed by atoms with Crippen molar-refractivity contribution in [1.82, 2.24) is 0 Å². The molecule has 72 valence electrons. The maximum Gasteiger partial charge on any atom is 0.173 e. The van der Waals surface area contributed by atoms with Gasteiger partial charge in [0, 0.05) is 6.42 Å². The van der Waals surface area contributed by atoms with Gasteiger partial charge in [-0.25, -0.2) is 4.21 Å². The van der Waals surface area contributed by atoms with Gasteiger partial charge >= 0.3 is 0 Å². The number of hydrogen-bond donors (Lipinski definition) is 2. The standard InChI is InChI=1S/C9H13NO2S/c1-9(10,13(11)12)7-8-5-3-2-4-6-8/h2-6H,7,10H2,1H3,(H,11,12). The molecule has 2 atom stereocenters. The van der Waals surface area contributed by atoms with E-state index in [0.717, 1.165) is 5.56 Å². The number of hydrogen-bond acceptors (Lipinski definition) is 2. The lowest BCUT2D eigenvalue weighted by Gasteiger charge is -2.19. The van der Waals surface area contributed by atoms with E-state index < -0.39 is 16.0 Å². The van der Waals surface area contributed by atoms with Gasteiger partial charge < -0.3 is 10.3 Å². The number of nitrogens with two attached hydrogens (primary N) is 1. The predicted molar refractivity (Wildman–Crippen MR) is 53.5 cm³/mol. The topological polar surface area (TPSA) is 63.3 Å². The first kappa shape index (κ1) is 10.4. The molecule has 0 aliphatic heterocycles. The molecule has 1 rings (SSSR count). The van der Waals surface area contributed by atoms with Crippen molar-refractivity contribution in [3.8, 4) is 0 Å². The molecule has 0 radical (unpaired) electrons. The summed E-state index contributed by atoms with van der Waals surface area (Å²) in [5, 5.41) is 0. The van der Waals surface area contributed by atoms with Crippen molar-refractivity contribution in [2.24, 2.45) is 5.73 Å². The van der Waals surface area contributed by atoms with Gasteiger partial charge in [-0.1, -0.05) is 30.3 Å². The van der Waals surface area contributed by atoms with Gasteiger partial charge in [0.25, 0.3) is 0 Å². The summed E-state index contributed by atoms with van der Waals surface area (Å²) in [4.78, 5) is -1.07. The van der Waals surface area contributed by atoms with Crippen LogP contribution in [0.4, 0.5) is 0 Å². The maximum absolute atomic E-state index is 10.8. The summed E-state index contributed by atoms with van der Waals surface area (Å²) in [7, 11) is 0. The van der Waals surface area contributed by atoms with Crippen molar-refractivity contribution in [2.45, 2.75) is 18.2 Å². The Kier molecular flexibility index (Phi) is 3.19. The fourth-order valence-electron chi connectivity index (χ4n) is 1.06. The Hall–Kier alpha value is -0.710. The van der Waals surface area contributed by atoms with Gasteiger partial charge in [-0.3, -0.25) is 0 Å². The van der Waals surface area contributed by atoms with E-state index in [4.69, 9.17) is 10.3 Å². The molecule has 0 aliphatic carbocycles. The highest BCUT2D eigenvalue weighted by Crippen LogP contribution is 2.12. The molecule has 0 saturated carbocycles. The van der Waals surface area contributed by atoms with E-state index in [2.05, 4.69) is 0 Å². The van der Waals surface area contributed by atoms with Gasteiger partial charge in [0.15, 0.2) is 11.1 Å². The van der Waals surface area contributed by atoms with E-state index in [9.17, 15) is 4.21 Å². The number of rotatable bonds is 3. The Morgan fingerprint density at radius 2 is 2.00 bits per heavy atom. The van der Waals surface area contributed by atoms with Gasteiger partial charge in [0.1, 0.15) is 4.87 Å². The molecular formula is C9H13NO2S. The minimum Gasteiger partial charge on any atom is -0.313 e. The summed E-state index contributed by atoms with van der Waals surface area (Å²) in [6, 6.07) is 9.43. The van der Waals surface area contributed by atoms with Crippen molar-refractivity contribution < 1.29 is 8.76 Å². The second kappa shape index (κ2) is 4.00. The van der Waals surface area contributed by atoms with E-state index >= 15 is 0 Å². The average Bonchev–Trinajstić information content (AvgIpc) is 2.05. The average molecular weight is 199 g/mol. The first-order valence-electron chi connectivity index (χ1n) is 3.96. The molecule has 1 aromatic carbocycles. The molecule has 13 heavy (non-hydrogen) atoms. The summed E-state index contributed by atoms with van der Waals surface area (Å²) in [6.45, 7) is 1.57. The molecule has 2 unspecified atom stereocenters. The Bertz CT molecular complexity index is 298. The van der Waals surface area contributed by atoms with Gasteiger partial charge in [-0.05, 0) is 12.5 Å². The lowest BCUT2D eigenvalue weighted by molar-refractivity contribution is 0.505. The maximum atomic E-state index is 10.8. The smallest absolute Gasteiger partial charge is 0.173 e. The van der Waals surface area contributed by atoms with Crippen molar-refractivity contribution in [2.75, 3.05) is 0 Å². The molecule has 1 aromatic rings. The van der Waals surface area contributed by atoms with Crippen LogP contribution in [0.1, 0.15) is 12.5 Å². The highest BCUT2D eigenvalue weighted by atomic mass is 32.2. The zero-order chi connectivity index (χ0) is 9.90. The van der Waals surface area contributed by atoms with Crippen LogP contribution in [0.2, 0.25) is 0 Å². The summed E-state index contributed by atoms with van der Waals surface area (Å²) in [5.41, 5.74) is 6.61.